The average molecular weight is 787 g/mol. The molecule has 1 aromatic heterocycles. The maximum atomic E-state index is 12.9. The molecule has 3 atom stereocenters. The van der Waals surface area contributed by atoms with Crippen molar-refractivity contribution in [3.05, 3.63) is 112 Å². The molecule has 276 valence electrons. The number of hydrogen-bond donors (Lipinski definition) is 1. The number of rotatable bonds is 12. The molecule has 0 spiro atoms. The number of carbonyl (C=O) groups is 1. The summed E-state index contributed by atoms with van der Waals surface area (Å²) < 4.78 is 98.3. The Hall–Kier alpha value is -3.72. The lowest BCUT2D eigenvalue weighted by Gasteiger charge is -2.29. The zero-order valence-corrected chi connectivity index (χ0v) is 29.5. The molecule has 1 heterocycles. The standard InChI is InChI=1S/C29H32F3NO6.C8H6BrF3/c1-18-6-3-8-21(12-18)27-33-25(19(2)39-27)16-36-23-10-5-11-24(14-23)37-17-26(28(34)35)38-15-20-7-4-9-22(13-20)29(30,31)32;9-5-6-2-1-3-7(4-6)8(10,11)12/h3-4,6-9,12-13,23-24,26H,5,10-11,14-17H2,1-2H3,(H,34,35);1-4H,5H2/t23-,24+,26?;/m0./s1. The number of nitrogens with zero attached hydrogens (tertiary/aromatic N) is 1. The van der Waals surface area contributed by atoms with Crippen LogP contribution in [-0.2, 0) is 49.9 Å². The van der Waals surface area contributed by atoms with Crippen LogP contribution in [0.1, 0.15) is 65.0 Å². The van der Waals surface area contributed by atoms with Crippen molar-refractivity contribution in [3.63, 3.8) is 0 Å². The van der Waals surface area contributed by atoms with E-state index in [4.69, 9.17) is 18.6 Å². The minimum absolute atomic E-state index is 0.0865. The van der Waals surface area contributed by atoms with E-state index in [9.17, 15) is 36.2 Å². The van der Waals surface area contributed by atoms with E-state index < -0.39 is 35.6 Å². The fraction of sp³-hybridized carbons (Fsp3) is 0.405. The number of aryl methyl sites for hydroxylation is 2. The molecule has 0 bridgehead atoms. The molecule has 5 rings (SSSR count). The number of ether oxygens (including phenoxy) is 3. The molecule has 1 unspecified atom stereocenters. The van der Waals surface area contributed by atoms with Crippen LogP contribution < -0.4 is 0 Å². The first-order chi connectivity index (χ1) is 24.1. The quantitative estimate of drug-likeness (QED) is 0.113. The topological polar surface area (TPSA) is 91.0 Å². The molecule has 0 amide bonds. The summed E-state index contributed by atoms with van der Waals surface area (Å²) in [6, 6.07) is 17.8. The minimum atomic E-state index is -4.49. The van der Waals surface area contributed by atoms with Gasteiger partial charge in [0.25, 0.3) is 0 Å². The van der Waals surface area contributed by atoms with Gasteiger partial charge in [0.05, 0.1) is 43.2 Å². The van der Waals surface area contributed by atoms with Crippen molar-refractivity contribution < 1.29 is 54.9 Å². The van der Waals surface area contributed by atoms with Gasteiger partial charge in [-0.3, -0.25) is 0 Å². The second kappa shape index (κ2) is 18.2. The van der Waals surface area contributed by atoms with E-state index in [1.54, 1.807) is 6.07 Å². The summed E-state index contributed by atoms with van der Waals surface area (Å²) in [7, 11) is 0. The third-order valence-electron chi connectivity index (χ3n) is 8.06. The summed E-state index contributed by atoms with van der Waals surface area (Å²) in [6.07, 6.45) is -7.31. The van der Waals surface area contributed by atoms with Crippen molar-refractivity contribution >= 4 is 21.9 Å². The second-order valence-corrected chi connectivity index (χ2v) is 12.7. The molecule has 51 heavy (non-hydrogen) atoms. The van der Waals surface area contributed by atoms with E-state index in [1.807, 2.05) is 38.1 Å². The predicted molar refractivity (Wildman–Crippen MR) is 180 cm³/mol. The number of hydrogen-bond acceptors (Lipinski definition) is 6. The highest BCUT2D eigenvalue weighted by atomic mass is 79.9. The highest BCUT2D eigenvalue weighted by Crippen LogP contribution is 2.31. The van der Waals surface area contributed by atoms with Gasteiger partial charge in [0.1, 0.15) is 11.5 Å². The Morgan fingerprint density at radius 3 is 2.10 bits per heavy atom. The maximum Gasteiger partial charge on any atom is 0.416 e. The molecule has 0 radical (unpaired) electrons. The molecule has 0 aliphatic heterocycles. The highest BCUT2D eigenvalue weighted by molar-refractivity contribution is 9.08. The third-order valence-corrected chi connectivity index (χ3v) is 8.71. The molecule has 3 aromatic carbocycles. The molecule has 7 nitrogen and oxygen atoms in total. The van der Waals surface area contributed by atoms with E-state index in [-0.39, 0.29) is 37.6 Å². The van der Waals surface area contributed by atoms with Crippen LogP contribution in [0.25, 0.3) is 11.5 Å². The molecule has 4 aromatic rings. The average Bonchev–Trinajstić information content (AvgIpc) is 3.47. The van der Waals surface area contributed by atoms with E-state index >= 15 is 0 Å². The number of carboxylic acids is 1. The Kier molecular flexibility index (Phi) is 14.3. The highest BCUT2D eigenvalue weighted by Gasteiger charge is 2.32. The van der Waals surface area contributed by atoms with Crippen LogP contribution in [0.3, 0.4) is 0 Å². The Morgan fingerprint density at radius 2 is 1.49 bits per heavy atom. The number of aliphatic carboxylic acids is 1. The molecule has 1 N–H and O–H groups in total. The van der Waals surface area contributed by atoms with Gasteiger partial charge < -0.3 is 23.7 Å². The van der Waals surface area contributed by atoms with Crippen molar-refractivity contribution in [1.82, 2.24) is 4.98 Å². The van der Waals surface area contributed by atoms with Crippen molar-refractivity contribution in [2.24, 2.45) is 0 Å². The van der Waals surface area contributed by atoms with Gasteiger partial charge in [0.2, 0.25) is 5.89 Å². The molecule has 1 aliphatic rings. The first-order valence-electron chi connectivity index (χ1n) is 16.1. The Balaban J connectivity index is 0.000000411. The van der Waals surface area contributed by atoms with Crippen LogP contribution in [0, 0.1) is 13.8 Å². The van der Waals surface area contributed by atoms with Crippen LogP contribution >= 0.6 is 15.9 Å². The van der Waals surface area contributed by atoms with Crippen molar-refractivity contribution in [2.75, 3.05) is 6.61 Å². The first-order valence-corrected chi connectivity index (χ1v) is 17.2. The third kappa shape index (κ3) is 12.5. The van der Waals surface area contributed by atoms with E-state index in [1.165, 1.54) is 18.2 Å². The number of halogens is 7. The number of carboxylic acid groups (broad SMARTS) is 1. The lowest BCUT2D eigenvalue weighted by Crippen LogP contribution is -2.34. The molecule has 1 saturated carbocycles. The molecule has 14 heteroatoms. The summed E-state index contributed by atoms with van der Waals surface area (Å²) in [5.74, 6) is -0.00154. The fourth-order valence-electron chi connectivity index (χ4n) is 5.34. The lowest BCUT2D eigenvalue weighted by atomic mass is 9.95. The summed E-state index contributed by atoms with van der Waals surface area (Å²) in [5.41, 5.74) is 2.19. The van der Waals surface area contributed by atoms with E-state index in [0.29, 0.717) is 29.0 Å². The van der Waals surface area contributed by atoms with E-state index in [0.717, 1.165) is 60.3 Å². The summed E-state index contributed by atoms with van der Waals surface area (Å²) in [4.78, 5) is 16.3. The van der Waals surface area contributed by atoms with Crippen molar-refractivity contribution in [1.29, 1.82) is 0 Å². The summed E-state index contributed by atoms with van der Waals surface area (Å²) >= 11 is 3.09. The van der Waals surface area contributed by atoms with Gasteiger partial charge >= 0.3 is 18.3 Å². The van der Waals surface area contributed by atoms with Crippen LogP contribution in [0.15, 0.2) is 77.2 Å². The van der Waals surface area contributed by atoms with Gasteiger partial charge in [-0.05, 0) is 81.0 Å². The van der Waals surface area contributed by atoms with Crippen LogP contribution in [0.4, 0.5) is 26.3 Å². The number of oxazole rings is 1. The zero-order valence-electron chi connectivity index (χ0n) is 27.9. The number of benzene rings is 3. The lowest BCUT2D eigenvalue weighted by molar-refractivity contribution is -0.159. The van der Waals surface area contributed by atoms with Crippen molar-refractivity contribution in [2.45, 2.75) is 88.7 Å². The fourth-order valence-corrected chi connectivity index (χ4v) is 5.69. The van der Waals surface area contributed by atoms with Gasteiger partial charge in [0, 0.05) is 10.9 Å². The molecule has 1 fully saturated rings. The number of aromatic nitrogens is 1. The van der Waals surface area contributed by atoms with Crippen LogP contribution in [-0.4, -0.2) is 41.0 Å². The molecule has 1 aliphatic carbocycles. The Morgan fingerprint density at radius 1 is 0.882 bits per heavy atom. The summed E-state index contributed by atoms with van der Waals surface area (Å²) in [5, 5.41) is 9.97. The zero-order chi connectivity index (χ0) is 37.2. The van der Waals surface area contributed by atoms with Crippen molar-refractivity contribution in [3.8, 4) is 11.5 Å². The SMILES string of the molecule is Cc1cccc(-c2nc(CO[C@H]3CCC[C@@H](OCC(OCc4cccc(C(F)(F)F)c4)C(=O)O)C3)c(C)o2)c1.FC(F)(F)c1cccc(CBr)c1. The van der Waals surface area contributed by atoms with Gasteiger partial charge in [-0.2, -0.15) is 26.3 Å². The monoisotopic (exact) mass is 785 g/mol. The largest absolute Gasteiger partial charge is 0.479 e. The maximum absolute atomic E-state index is 12.9. The van der Waals surface area contributed by atoms with E-state index in [2.05, 4.69) is 20.9 Å². The Labute approximate surface area is 300 Å². The van der Waals surface area contributed by atoms with Gasteiger partial charge in [-0.25, -0.2) is 9.78 Å². The smallest absolute Gasteiger partial charge is 0.416 e. The predicted octanol–water partition coefficient (Wildman–Crippen LogP) is 10.1. The minimum Gasteiger partial charge on any atom is -0.479 e. The van der Waals surface area contributed by atoms with Gasteiger partial charge in [0.15, 0.2) is 6.10 Å². The van der Waals surface area contributed by atoms with Crippen LogP contribution in [0.5, 0.6) is 0 Å². The molecule has 0 saturated heterocycles. The molecular formula is C37H38BrF6NO6. The first kappa shape index (κ1) is 40.1. The summed E-state index contributed by atoms with van der Waals surface area (Å²) in [6.45, 7) is 3.65. The van der Waals surface area contributed by atoms with Gasteiger partial charge in [-0.1, -0.05) is 64.0 Å². The Bertz CT molecular complexity index is 1730. The normalized spacial score (nSPS) is 17.0. The van der Waals surface area contributed by atoms with Gasteiger partial charge in [-0.15, -0.1) is 0 Å². The molecular weight excluding hydrogens is 748 g/mol. The number of alkyl halides is 7. The second-order valence-electron chi connectivity index (χ2n) is 12.1. The van der Waals surface area contributed by atoms with Crippen LogP contribution in [0.2, 0.25) is 0 Å².